The highest BCUT2D eigenvalue weighted by molar-refractivity contribution is 5.84. The Morgan fingerprint density at radius 2 is 2.11 bits per heavy atom. The van der Waals surface area contributed by atoms with Gasteiger partial charge < -0.3 is 14.6 Å². The Labute approximate surface area is 112 Å². The fourth-order valence-corrected chi connectivity index (χ4v) is 2.54. The van der Waals surface area contributed by atoms with Crippen molar-refractivity contribution < 1.29 is 9.53 Å². The monoisotopic (exact) mass is 258 g/mol. The molecule has 1 amide bonds. The van der Waals surface area contributed by atoms with Crippen LogP contribution in [-0.2, 0) is 16.0 Å². The van der Waals surface area contributed by atoms with Crippen LogP contribution in [0.5, 0.6) is 0 Å². The van der Waals surface area contributed by atoms with Gasteiger partial charge in [0.2, 0.25) is 5.91 Å². The highest BCUT2D eigenvalue weighted by Gasteiger charge is 2.17. The first-order valence-electron chi connectivity index (χ1n) is 6.66. The summed E-state index contributed by atoms with van der Waals surface area (Å²) in [7, 11) is 0. The van der Waals surface area contributed by atoms with Crippen LogP contribution in [0.25, 0.3) is 10.9 Å². The predicted octanol–water partition coefficient (Wildman–Crippen LogP) is 1.88. The fraction of sp³-hybridized carbons (Fsp3) is 0.400. The van der Waals surface area contributed by atoms with Crippen molar-refractivity contribution >= 4 is 16.8 Å². The Morgan fingerprint density at radius 3 is 2.89 bits per heavy atom. The molecular formula is C15H18N2O2. The molecule has 1 saturated heterocycles. The number of ether oxygens (including phenoxy) is 1. The summed E-state index contributed by atoms with van der Waals surface area (Å²) in [6, 6.07) is 8.27. The zero-order valence-electron chi connectivity index (χ0n) is 11.1. The van der Waals surface area contributed by atoms with Crippen LogP contribution in [0.15, 0.2) is 24.3 Å². The number of benzene rings is 1. The van der Waals surface area contributed by atoms with Gasteiger partial charge in [0.25, 0.3) is 0 Å². The van der Waals surface area contributed by atoms with Crippen LogP contribution in [0.3, 0.4) is 0 Å². The molecule has 1 aromatic carbocycles. The summed E-state index contributed by atoms with van der Waals surface area (Å²) in [4.78, 5) is 17.3. The van der Waals surface area contributed by atoms with Crippen LogP contribution < -0.4 is 0 Å². The smallest absolute Gasteiger partial charge is 0.227 e. The molecule has 3 rings (SSSR count). The zero-order valence-corrected chi connectivity index (χ0v) is 11.1. The molecule has 100 valence electrons. The second kappa shape index (κ2) is 5.05. The minimum atomic E-state index is 0.190. The molecule has 1 aliphatic heterocycles. The van der Waals surface area contributed by atoms with Crippen molar-refractivity contribution in [3.63, 3.8) is 0 Å². The van der Waals surface area contributed by atoms with Crippen molar-refractivity contribution in [1.29, 1.82) is 0 Å². The molecule has 0 aliphatic carbocycles. The lowest BCUT2D eigenvalue weighted by molar-refractivity contribution is -0.134. The van der Waals surface area contributed by atoms with Gasteiger partial charge in [0.05, 0.1) is 19.6 Å². The van der Waals surface area contributed by atoms with E-state index in [0.717, 1.165) is 16.8 Å². The number of nitrogens with one attached hydrogen (secondary N) is 1. The summed E-state index contributed by atoms with van der Waals surface area (Å²) in [6.07, 6.45) is 0.472. The maximum absolute atomic E-state index is 12.2. The molecule has 0 radical (unpaired) electrons. The largest absolute Gasteiger partial charge is 0.378 e. The van der Waals surface area contributed by atoms with E-state index in [4.69, 9.17) is 4.74 Å². The highest BCUT2D eigenvalue weighted by Crippen LogP contribution is 2.17. The third-order valence-electron chi connectivity index (χ3n) is 3.54. The Bertz CT molecular complexity index is 597. The quantitative estimate of drug-likeness (QED) is 0.894. The van der Waals surface area contributed by atoms with E-state index in [1.54, 1.807) is 0 Å². The summed E-state index contributed by atoms with van der Waals surface area (Å²) in [5.41, 5.74) is 3.34. The highest BCUT2D eigenvalue weighted by atomic mass is 16.5. The van der Waals surface area contributed by atoms with E-state index in [1.165, 1.54) is 5.39 Å². The second-order valence-electron chi connectivity index (χ2n) is 5.04. The van der Waals surface area contributed by atoms with Gasteiger partial charge in [-0.25, -0.2) is 0 Å². The van der Waals surface area contributed by atoms with Gasteiger partial charge in [-0.15, -0.1) is 0 Å². The Morgan fingerprint density at radius 1 is 1.32 bits per heavy atom. The Balaban J connectivity index is 1.74. The minimum Gasteiger partial charge on any atom is -0.378 e. The Kier molecular flexibility index (Phi) is 3.25. The van der Waals surface area contributed by atoms with Gasteiger partial charge in [0.1, 0.15) is 0 Å². The number of carbonyl (C=O) groups is 1. The number of rotatable bonds is 2. The van der Waals surface area contributed by atoms with Crippen molar-refractivity contribution in [3.8, 4) is 0 Å². The maximum atomic E-state index is 12.2. The van der Waals surface area contributed by atoms with E-state index < -0.39 is 0 Å². The van der Waals surface area contributed by atoms with Crippen molar-refractivity contribution in [2.75, 3.05) is 26.3 Å². The topological polar surface area (TPSA) is 45.3 Å². The number of nitrogens with zero attached hydrogens (tertiary/aromatic N) is 1. The van der Waals surface area contributed by atoms with E-state index in [2.05, 4.69) is 17.1 Å². The van der Waals surface area contributed by atoms with Crippen LogP contribution in [0.4, 0.5) is 0 Å². The van der Waals surface area contributed by atoms with Crippen molar-refractivity contribution in [3.05, 3.63) is 35.5 Å². The molecule has 0 atom stereocenters. The average Bonchev–Trinajstić information content (AvgIpc) is 2.79. The second-order valence-corrected chi connectivity index (χ2v) is 5.04. The molecule has 0 unspecified atom stereocenters. The number of hydrogen-bond acceptors (Lipinski definition) is 2. The molecule has 2 aromatic rings. The van der Waals surface area contributed by atoms with Gasteiger partial charge in [-0.2, -0.15) is 0 Å². The molecule has 0 spiro atoms. The van der Waals surface area contributed by atoms with Gasteiger partial charge in [0, 0.05) is 24.3 Å². The lowest BCUT2D eigenvalue weighted by atomic mass is 10.1. The maximum Gasteiger partial charge on any atom is 0.227 e. The molecule has 19 heavy (non-hydrogen) atoms. The van der Waals surface area contributed by atoms with Crippen molar-refractivity contribution in [2.45, 2.75) is 13.3 Å². The van der Waals surface area contributed by atoms with Gasteiger partial charge in [-0.1, -0.05) is 6.07 Å². The van der Waals surface area contributed by atoms with Crippen molar-refractivity contribution in [2.24, 2.45) is 0 Å². The first-order valence-corrected chi connectivity index (χ1v) is 6.66. The van der Waals surface area contributed by atoms with Crippen LogP contribution in [-0.4, -0.2) is 42.1 Å². The molecule has 0 bridgehead atoms. The summed E-state index contributed by atoms with van der Waals surface area (Å²) < 4.78 is 5.26. The van der Waals surface area contributed by atoms with Crippen LogP contribution in [0.2, 0.25) is 0 Å². The number of H-pyrrole nitrogens is 1. The molecule has 1 aromatic heterocycles. The molecule has 1 N–H and O–H groups in total. The van der Waals surface area contributed by atoms with E-state index >= 15 is 0 Å². The molecular weight excluding hydrogens is 240 g/mol. The summed E-state index contributed by atoms with van der Waals surface area (Å²) >= 11 is 0. The normalized spacial score (nSPS) is 15.9. The molecule has 4 nitrogen and oxygen atoms in total. The molecule has 1 aliphatic rings. The van der Waals surface area contributed by atoms with Crippen molar-refractivity contribution in [1.82, 2.24) is 9.88 Å². The SMILES string of the molecule is Cc1cc2cc(CC(=O)N3CCOCC3)ccc2[nH]1. The summed E-state index contributed by atoms with van der Waals surface area (Å²) in [6.45, 7) is 4.77. The van der Waals surface area contributed by atoms with Gasteiger partial charge >= 0.3 is 0 Å². The van der Waals surface area contributed by atoms with Crippen LogP contribution in [0, 0.1) is 6.92 Å². The van der Waals surface area contributed by atoms with Gasteiger partial charge in [-0.05, 0) is 36.1 Å². The first-order chi connectivity index (χ1) is 9.22. The molecule has 0 saturated carbocycles. The number of amides is 1. The number of aromatic nitrogens is 1. The van der Waals surface area contributed by atoms with Gasteiger partial charge in [-0.3, -0.25) is 4.79 Å². The number of aromatic amines is 1. The molecule has 2 heterocycles. The number of carbonyl (C=O) groups excluding carboxylic acids is 1. The fourth-order valence-electron chi connectivity index (χ4n) is 2.54. The standard InChI is InChI=1S/C15H18N2O2/c1-11-8-13-9-12(2-3-14(13)16-11)10-15(18)17-4-6-19-7-5-17/h2-3,8-9,16H,4-7,10H2,1H3. The van der Waals surface area contributed by atoms with E-state index in [9.17, 15) is 4.79 Å². The summed E-state index contributed by atoms with van der Waals surface area (Å²) in [5.74, 6) is 0.190. The molecule has 1 fully saturated rings. The summed E-state index contributed by atoms with van der Waals surface area (Å²) in [5, 5.41) is 1.17. The lowest BCUT2D eigenvalue weighted by Crippen LogP contribution is -2.41. The first kappa shape index (κ1) is 12.2. The number of hydrogen-bond donors (Lipinski definition) is 1. The van der Waals surface area contributed by atoms with Crippen LogP contribution >= 0.6 is 0 Å². The number of morpholine rings is 1. The van der Waals surface area contributed by atoms with E-state index in [0.29, 0.717) is 32.7 Å². The Hall–Kier alpha value is -1.81. The molecule has 4 heteroatoms. The minimum absolute atomic E-state index is 0.190. The number of aryl methyl sites for hydroxylation is 1. The lowest BCUT2D eigenvalue weighted by Gasteiger charge is -2.26. The average molecular weight is 258 g/mol. The van der Waals surface area contributed by atoms with E-state index in [1.807, 2.05) is 24.0 Å². The third-order valence-corrected chi connectivity index (χ3v) is 3.54. The third kappa shape index (κ3) is 2.63. The predicted molar refractivity (Wildman–Crippen MR) is 74.1 cm³/mol. The zero-order chi connectivity index (χ0) is 13.2. The van der Waals surface area contributed by atoms with Crippen LogP contribution in [0.1, 0.15) is 11.3 Å². The van der Waals surface area contributed by atoms with E-state index in [-0.39, 0.29) is 5.91 Å². The number of fused-ring (bicyclic) bond motifs is 1. The van der Waals surface area contributed by atoms with Gasteiger partial charge in [0.15, 0.2) is 0 Å².